The molecule has 5 aliphatic carbocycles. The molecule has 18 heteroatoms. The number of nitrogens with zero attached hydrogens (tertiary/aromatic N) is 9. The maximum absolute atomic E-state index is 13.2. The van der Waals surface area contributed by atoms with Crippen molar-refractivity contribution >= 4 is 17.3 Å². The first-order valence-electron chi connectivity index (χ1n) is 47.2. The van der Waals surface area contributed by atoms with Crippen molar-refractivity contribution in [2.75, 3.05) is 137 Å². The summed E-state index contributed by atoms with van der Waals surface area (Å²) < 4.78 is 0. The Kier molecular flexibility index (Phi) is 38.7. The molecule has 3 aromatic heterocycles. The number of Topliss-reactive ketones (excluding diaryl/α,β-unsaturated/α-hetero) is 3. The third-order valence-electron chi connectivity index (χ3n) is 27.8. The summed E-state index contributed by atoms with van der Waals surface area (Å²) in [6, 6.07) is 47.3. The molecule has 0 radical (unpaired) electrons. The Balaban J connectivity index is 0.000000163. The van der Waals surface area contributed by atoms with Gasteiger partial charge in [0.15, 0.2) is 0 Å². The molecule has 3 aliphatic heterocycles. The highest BCUT2D eigenvalue weighted by atomic mass is 16.1. The van der Waals surface area contributed by atoms with Crippen molar-refractivity contribution in [1.29, 1.82) is 0 Å². The van der Waals surface area contributed by atoms with E-state index in [2.05, 4.69) is 179 Å². The zero-order chi connectivity index (χ0) is 81.7. The van der Waals surface area contributed by atoms with E-state index in [4.69, 9.17) is 27.2 Å². The summed E-state index contributed by atoms with van der Waals surface area (Å²) in [6.45, 7) is 24.2. The number of carbonyl (C=O) groups is 3. The summed E-state index contributed by atoms with van der Waals surface area (Å²) in [5.74, 6) is 3.36. The number of pyridine rings is 3. The molecular weight excluding hydrogens is 1460 g/mol. The van der Waals surface area contributed by atoms with Gasteiger partial charge in [0, 0.05) is 159 Å². The van der Waals surface area contributed by atoms with E-state index in [-0.39, 0.29) is 0 Å². The topological polar surface area (TPSA) is 223 Å². The highest BCUT2D eigenvalue weighted by Crippen LogP contribution is 2.39. The number of piperazine rings is 3. The number of rotatable bonds is 43. The van der Waals surface area contributed by atoms with Gasteiger partial charge in [-0.25, -0.2) is 0 Å². The number of aromatic nitrogens is 3. The van der Waals surface area contributed by atoms with E-state index in [1.165, 1.54) is 115 Å². The van der Waals surface area contributed by atoms with E-state index < -0.39 is 0 Å². The molecule has 118 heavy (non-hydrogen) atoms. The van der Waals surface area contributed by atoms with Crippen LogP contribution in [0.25, 0.3) is 0 Å². The molecule has 18 nitrogen and oxygen atoms in total. The van der Waals surface area contributed by atoms with Crippen molar-refractivity contribution in [3.63, 3.8) is 0 Å². The number of nitrogens with two attached hydrogens (primary N) is 3. The van der Waals surface area contributed by atoms with Gasteiger partial charge >= 0.3 is 0 Å². The molecule has 14 rings (SSSR count). The molecule has 644 valence electrons. The van der Waals surface area contributed by atoms with Gasteiger partial charge in [0.25, 0.3) is 0 Å². The highest BCUT2D eigenvalue weighted by Gasteiger charge is 2.36. The molecule has 6 fully saturated rings. The summed E-state index contributed by atoms with van der Waals surface area (Å²) in [5, 5.41) is 11.5. The summed E-state index contributed by atoms with van der Waals surface area (Å²) in [5.41, 5.74) is 29.4. The summed E-state index contributed by atoms with van der Waals surface area (Å²) in [6.07, 6.45) is 38.8. The molecule has 0 bridgehead atoms. The Bertz CT molecular complexity index is 3650. The second-order valence-electron chi connectivity index (χ2n) is 36.4. The Morgan fingerprint density at radius 3 is 1.14 bits per heavy atom. The Morgan fingerprint density at radius 1 is 0.415 bits per heavy atom. The number of hydrogen-bond acceptors (Lipinski definition) is 18. The van der Waals surface area contributed by atoms with E-state index in [9.17, 15) is 14.4 Å². The lowest BCUT2D eigenvalue weighted by Crippen LogP contribution is -2.55. The number of fused-ring (bicyclic) bond motifs is 2. The third-order valence-corrected chi connectivity index (χ3v) is 27.8. The molecular formula is C100H151N15O3. The van der Waals surface area contributed by atoms with Gasteiger partial charge in [-0.05, 0) is 270 Å². The van der Waals surface area contributed by atoms with Crippen LogP contribution in [-0.2, 0) is 33.8 Å². The number of unbranched alkanes of at least 4 members (excludes halogenated alkanes) is 3. The van der Waals surface area contributed by atoms with Gasteiger partial charge in [-0.2, -0.15) is 0 Å². The highest BCUT2D eigenvalue weighted by molar-refractivity contribution is 5.83. The van der Waals surface area contributed by atoms with Crippen LogP contribution in [0.2, 0.25) is 0 Å². The summed E-state index contributed by atoms with van der Waals surface area (Å²) in [4.78, 5) is 69.6. The molecule has 3 saturated carbocycles. The lowest BCUT2D eigenvalue weighted by atomic mass is 9.86. The van der Waals surface area contributed by atoms with Crippen molar-refractivity contribution in [1.82, 2.24) is 60.3 Å². The average molecular weight is 1610 g/mol. The van der Waals surface area contributed by atoms with Crippen LogP contribution in [0.1, 0.15) is 260 Å². The van der Waals surface area contributed by atoms with Gasteiger partial charge in [0.1, 0.15) is 17.3 Å². The number of ketones is 3. The fourth-order valence-electron chi connectivity index (χ4n) is 21.0. The quantitative estimate of drug-likeness (QED) is 0.0196. The molecule has 3 saturated heterocycles. The Labute approximate surface area is 711 Å². The standard InChI is InChI=1S/2C34H51N5O.C32H49N5O/c2*35-18-6-7-21-39(32-16-8-14-29-15-9-19-37-34(29)32)26-31-25-38(23-20-36-31)22-17-30(27-10-2-1-3-11-27)24-33(40)28-12-4-5-13-28;1-26-10-9-17-35-31(26)25-37(19-8-7-16-33)24-30-23-36(21-18-34-30)20-15-29(27-11-3-2-4-12-27)22-32(38)28-13-5-6-14-28/h2*1-3,9-11,15,19,28,30-32,36H,4-8,12-14,16-18,20-26,35H2;2-4,9-12,17,28-30,34H,5-8,13-16,18-25,33H2,1H3/t30-,31+,32+;30-,31-,32+;29-,30-/m111/s1. The lowest BCUT2D eigenvalue weighted by molar-refractivity contribution is -0.123. The fraction of sp³-hybridized carbons (Fsp3) is 0.640. The van der Waals surface area contributed by atoms with Crippen LogP contribution < -0.4 is 33.2 Å². The van der Waals surface area contributed by atoms with Gasteiger partial charge in [-0.15, -0.1) is 0 Å². The molecule has 6 aromatic rings. The first kappa shape index (κ1) is 90.9. The number of nitrogens with one attached hydrogen (secondary N) is 3. The van der Waals surface area contributed by atoms with Crippen molar-refractivity contribution < 1.29 is 14.4 Å². The van der Waals surface area contributed by atoms with E-state index >= 15 is 0 Å². The predicted molar refractivity (Wildman–Crippen MR) is 483 cm³/mol. The van der Waals surface area contributed by atoms with Gasteiger partial charge in [-0.3, -0.25) is 44.0 Å². The predicted octanol–water partition coefficient (Wildman–Crippen LogP) is 14.7. The first-order chi connectivity index (χ1) is 58.0. The Morgan fingerprint density at radius 2 is 0.771 bits per heavy atom. The second-order valence-corrected chi connectivity index (χ2v) is 36.4. The minimum atomic E-state index is 0.303. The largest absolute Gasteiger partial charge is 0.330 e. The van der Waals surface area contributed by atoms with E-state index in [0.29, 0.717) is 102 Å². The molecule has 0 spiro atoms. The number of aryl methyl sites for hydroxylation is 3. The number of hydrogen-bond donors (Lipinski definition) is 6. The van der Waals surface area contributed by atoms with Crippen molar-refractivity contribution in [2.45, 2.75) is 254 Å². The number of benzene rings is 3. The van der Waals surface area contributed by atoms with Gasteiger partial charge < -0.3 is 47.9 Å². The molecule has 8 aliphatic rings. The summed E-state index contributed by atoms with van der Waals surface area (Å²) >= 11 is 0. The normalized spacial score (nSPS) is 21.8. The first-order valence-corrected chi connectivity index (χ1v) is 47.2. The van der Waals surface area contributed by atoms with Crippen LogP contribution in [-0.4, -0.2) is 217 Å². The average Bonchev–Trinajstić information content (AvgIpc) is 0.845. The smallest absolute Gasteiger partial charge is 0.136 e. The monoisotopic (exact) mass is 1610 g/mol. The van der Waals surface area contributed by atoms with Crippen LogP contribution in [0.15, 0.2) is 146 Å². The maximum Gasteiger partial charge on any atom is 0.136 e. The fourth-order valence-corrected chi connectivity index (χ4v) is 21.0. The molecule has 6 heterocycles. The van der Waals surface area contributed by atoms with E-state index in [1.54, 1.807) is 0 Å². The lowest BCUT2D eigenvalue weighted by Gasteiger charge is -2.40. The molecule has 0 unspecified atom stereocenters. The van der Waals surface area contributed by atoms with Gasteiger partial charge in [0.2, 0.25) is 0 Å². The molecule has 0 amide bonds. The molecule has 9 N–H and O–H groups in total. The van der Waals surface area contributed by atoms with Crippen molar-refractivity contribution in [2.24, 2.45) is 35.0 Å². The van der Waals surface area contributed by atoms with Crippen LogP contribution >= 0.6 is 0 Å². The van der Waals surface area contributed by atoms with E-state index in [1.807, 2.05) is 24.7 Å². The third kappa shape index (κ3) is 28.9. The SMILES string of the molecule is Cc1cccnc1CN(CCCCN)C[C@H]1CN(CC[C@H](CC(=O)C2CCCC2)c2ccccc2)CCN1.NCCCCN(C[C@@H]1CN(CC[C@H](CC(=O)C2CCCC2)c2ccccc2)CCN1)[C@H]1CCCc2cccnc21.NCCCCN(C[C@H]1CN(CC[C@H](CC(=O)C2CCCC2)c2ccccc2)CCN1)[C@H]1CCCc2cccnc21. The minimum absolute atomic E-state index is 0.303. The van der Waals surface area contributed by atoms with Crippen molar-refractivity contribution in [3.8, 4) is 0 Å². The van der Waals surface area contributed by atoms with Gasteiger partial charge in [0.05, 0.1) is 29.2 Å². The van der Waals surface area contributed by atoms with Gasteiger partial charge in [-0.1, -0.05) is 148 Å². The zero-order valence-corrected chi connectivity index (χ0v) is 72.5. The summed E-state index contributed by atoms with van der Waals surface area (Å²) in [7, 11) is 0. The second kappa shape index (κ2) is 50.3. The molecule has 8 atom stereocenters. The minimum Gasteiger partial charge on any atom is -0.330 e. The van der Waals surface area contributed by atoms with Crippen LogP contribution in [0.3, 0.4) is 0 Å². The Hall–Kier alpha value is -6.36. The maximum atomic E-state index is 13.2. The van der Waals surface area contributed by atoms with Crippen molar-refractivity contribution in [3.05, 3.63) is 196 Å². The van der Waals surface area contributed by atoms with E-state index in [0.717, 1.165) is 253 Å². The van der Waals surface area contributed by atoms with Crippen LogP contribution in [0, 0.1) is 24.7 Å². The number of carbonyl (C=O) groups excluding carboxylic acids is 3. The van der Waals surface area contributed by atoms with Crippen LogP contribution in [0.5, 0.6) is 0 Å². The molecule has 3 aromatic carbocycles. The zero-order valence-electron chi connectivity index (χ0n) is 72.5. The van der Waals surface area contributed by atoms with Crippen LogP contribution in [0.4, 0.5) is 0 Å².